The fraction of sp³-hybridized carbons (Fsp3) is 0.414. The molecule has 1 aliphatic rings. The molecule has 0 radical (unpaired) electrons. The van der Waals surface area contributed by atoms with Crippen LogP contribution < -0.4 is 5.32 Å². The average molecular weight is 430 g/mol. The van der Waals surface area contributed by atoms with Gasteiger partial charge >= 0.3 is 0 Å². The van der Waals surface area contributed by atoms with Crippen molar-refractivity contribution in [2.45, 2.75) is 78.6 Å². The third kappa shape index (κ3) is 4.39. The number of hydrogen-bond donors (Lipinski definition) is 1. The van der Waals surface area contributed by atoms with Gasteiger partial charge in [0, 0.05) is 12.1 Å². The zero-order chi connectivity index (χ0) is 23.3. The van der Waals surface area contributed by atoms with E-state index in [2.05, 4.69) is 58.1 Å². The van der Waals surface area contributed by atoms with Crippen LogP contribution in [-0.4, -0.2) is 5.91 Å². The summed E-state index contributed by atoms with van der Waals surface area (Å²) < 4.78 is 5.96. The molecular formula is C29H35NO2. The van der Waals surface area contributed by atoms with E-state index < -0.39 is 0 Å². The maximum atomic E-state index is 12.7. The van der Waals surface area contributed by atoms with Crippen LogP contribution in [0.2, 0.25) is 0 Å². The Morgan fingerprint density at radius 2 is 1.47 bits per heavy atom. The molecule has 0 bridgehead atoms. The van der Waals surface area contributed by atoms with Gasteiger partial charge in [0.05, 0.1) is 0 Å². The average Bonchev–Trinajstić information content (AvgIpc) is 3.15. The highest BCUT2D eigenvalue weighted by molar-refractivity contribution is 6.02. The van der Waals surface area contributed by atoms with Crippen LogP contribution in [0.1, 0.15) is 90.2 Å². The molecular weight excluding hydrogens is 394 g/mol. The predicted octanol–water partition coefficient (Wildman–Crippen LogP) is 7.40. The van der Waals surface area contributed by atoms with Gasteiger partial charge in [0.1, 0.15) is 5.76 Å². The molecule has 0 spiro atoms. The monoisotopic (exact) mass is 429 g/mol. The first kappa shape index (κ1) is 22.4. The summed E-state index contributed by atoms with van der Waals surface area (Å²) in [7, 11) is 0. The number of nitrogens with one attached hydrogen (secondary N) is 1. The topological polar surface area (TPSA) is 42.2 Å². The molecule has 2 aromatic carbocycles. The van der Waals surface area contributed by atoms with Gasteiger partial charge in [-0.1, -0.05) is 45.9 Å². The highest BCUT2D eigenvalue weighted by Gasteiger charge is 2.37. The quantitative estimate of drug-likeness (QED) is 0.469. The first-order valence-corrected chi connectivity index (χ1v) is 11.6. The van der Waals surface area contributed by atoms with Crippen molar-refractivity contribution in [1.82, 2.24) is 0 Å². The minimum Gasteiger partial charge on any atom is -0.456 e. The number of anilines is 1. The molecule has 1 heterocycles. The first-order valence-electron chi connectivity index (χ1n) is 11.6. The zero-order valence-electron chi connectivity index (χ0n) is 20.5. The van der Waals surface area contributed by atoms with Crippen LogP contribution >= 0.6 is 0 Å². The lowest BCUT2D eigenvalue weighted by atomic mass is 9.62. The van der Waals surface area contributed by atoms with Crippen LogP contribution in [0.3, 0.4) is 0 Å². The normalized spacial score (nSPS) is 16.5. The Hall–Kier alpha value is -2.81. The second-order valence-corrected chi connectivity index (χ2v) is 10.9. The molecule has 3 aromatic rings. The minimum atomic E-state index is -0.216. The molecule has 0 atom stereocenters. The largest absolute Gasteiger partial charge is 0.456 e. The van der Waals surface area contributed by atoms with Crippen LogP contribution in [0.25, 0.3) is 0 Å². The molecule has 1 amide bonds. The Kier molecular flexibility index (Phi) is 5.56. The van der Waals surface area contributed by atoms with Crippen LogP contribution in [-0.2, 0) is 17.3 Å². The Labute approximate surface area is 192 Å². The minimum absolute atomic E-state index is 0.174. The van der Waals surface area contributed by atoms with Gasteiger partial charge in [-0.15, -0.1) is 0 Å². The summed E-state index contributed by atoms with van der Waals surface area (Å²) in [5, 5.41) is 2.96. The Morgan fingerprint density at radius 1 is 0.875 bits per heavy atom. The van der Waals surface area contributed by atoms with Gasteiger partial charge in [0.2, 0.25) is 0 Å². The third-order valence-corrected chi connectivity index (χ3v) is 7.04. The molecule has 168 valence electrons. The van der Waals surface area contributed by atoms with Crippen molar-refractivity contribution in [3.63, 3.8) is 0 Å². The lowest BCUT2D eigenvalue weighted by Gasteiger charge is -2.42. The molecule has 0 fully saturated rings. The highest BCUT2D eigenvalue weighted by Crippen LogP contribution is 2.46. The van der Waals surface area contributed by atoms with E-state index in [1.54, 1.807) is 6.07 Å². The molecule has 32 heavy (non-hydrogen) atoms. The van der Waals surface area contributed by atoms with Crippen molar-refractivity contribution in [1.29, 1.82) is 0 Å². The zero-order valence-corrected chi connectivity index (χ0v) is 20.5. The molecule has 0 saturated heterocycles. The van der Waals surface area contributed by atoms with E-state index in [4.69, 9.17) is 4.42 Å². The molecule has 1 aliphatic carbocycles. The van der Waals surface area contributed by atoms with Crippen LogP contribution in [0.4, 0.5) is 5.69 Å². The first-order chi connectivity index (χ1) is 14.9. The van der Waals surface area contributed by atoms with E-state index in [0.29, 0.717) is 12.2 Å². The summed E-state index contributed by atoms with van der Waals surface area (Å²) >= 11 is 0. The Balaban J connectivity index is 1.57. The van der Waals surface area contributed by atoms with Gasteiger partial charge in [0.15, 0.2) is 5.76 Å². The summed E-state index contributed by atoms with van der Waals surface area (Å²) in [6.45, 7) is 15.6. The standard InChI is InChI=1S/C29H35NO2/c1-18-12-19(2)14-22(13-18)30-27(31)26-9-8-23(32-26)16-21-17-25-24(15-20(21)3)28(4,5)10-11-29(25,6)7/h8-9,12-15,17H,10-11,16H2,1-7H3,(H,30,31). The fourth-order valence-electron chi connectivity index (χ4n) is 4.98. The van der Waals surface area contributed by atoms with E-state index in [9.17, 15) is 4.79 Å². The van der Waals surface area contributed by atoms with E-state index in [-0.39, 0.29) is 16.7 Å². The van der Waals surface area contributed by atoms with Gasteiger partial charge in [-0.3, -0.25) is 4.79 Å². The van der Waals surface area contributed by atoms with Gasteiger partial charge in [-0.25, -0.2) is 0 Å². The van der Waals surface area contributed by atoms with Crippen molar-refractivity contribution >= 4 is 11.6 Å². The van der Waals surface area contributed by atoms with Gasteiger partial charge < -0.3 is 9.73 Å². The molecule has 1 N–H and O–H groups in total. The van der Waals surface area contributed by atoms with E-state index >= 15 is 0 Å². The number of rotatable bonds is 4. The van der Waals surface area contributed by atoms with Crippen LogP contribution in [0.5, 0.6) is 0 Å². The molecule has 3 heteroatoms. The number of aryl methyl sites for hydroxylation is 3. The molecule has 0 aliphatic heterocycles. The van der Waals surface area contributed by atoms with Gasteiger partial charge in [-0.2, -0.15) is 0 Å². The summed E-state index contributed by atoms with van der Waals surface area (Å²) in [5.74, 6) is 0.939. The smallest absolute Gasteiger partial charge is 0.291 e. The SMILES string of the molecule is Cc1cc(C)cc(NC(=O)c2ccc(Cc3cc4c(cc3C)C(C)(C)CCC4(C)C)o2)c1. The molecule has 1 aromatic heterocycles. The van der Waals surface area contributed by atoms with Gasteiger partial charge in [-0.05, 0) is 102 Å². The van der Waals surface area contributed by atoms with Crippen molar-refractivity contribution in [2.75, 3.05) is 5.32 Å². The highest BCUT2D eigenvalue weighted by atomic mass is 16.3. The second-order valence-electron chi connectivity index (χ2n) is 10.9. The number of carbonyl (C=O) groups is 1. The predicted molar refractivity (Wildman–Crippen MR) is 132 cm³/mol. The second kappa shape index (κ2) is 7.95. The number of amides is 1. The molecule has 0 saturated carbocycles. The summed E-state index contributed by atoms with van der Waals surface area (Å²) in [6, 6.07) is 14.5. The van der Waals surface area contributed by atoms with Crippen molar-refractivity contribution in [3.8, 4) is 0 Å². The maximum absolute atomic E-state index is 12.7. The number of fused-ring (bicyclic) bond motifs is 1. The van der Waals surface area contributed by atoms with Gasteiger partial charge in [0.25, 0.3) is 5.91 Å². The molecule has 4 rings (SSSR count). The Bertz CT molecular complexity index is 1160. The van der Waals surface area contributed by atoms with Crippen molar-refractivity contribution in [3.05, 3.63) is 87.4 Å². The number of hydrogen-bond acceptors (Lipinski definition) is 2. The van der Waals surface area contributed by atoms with Crippen LogP contribution in [0.15, 0.2) is 46.9 Å². The summed E-state index contributed by atoms with van der Waals surface area (Å²) in [6.07, 6.45) is 3.09. The van der Waals surface area contributed by atoms with E-state index in [1.807, 2.05) is 32.0 Å². The lowest BCUT2D eigenvalue weighted by Crippen LogP contribution is -2.34. The molecule has 0 unspecified atom stereocenters. The number of carbonyl (C=O) groups excluding carboxylic acids is 1. The fourth-order valence-corrected chi connectivity index (χ4v) is 4.98. The van der Waals surface area contributed by atoms with Crippen LogP contribution in [0, 0.1) is 20.8 Å². The Morgan fingerprint density at radius 3 is 2.09 bits per heavy atom. The summed E-state index contributed by atoms with van der Waals surface area (Å²) in [5.41, 5.74) is 8.89. The number of furan rings is 1. The van der Waals surface area contributed by atoms with E-state index in [1.165, 1.54) is 35.1 Å². The van der Waals surface area contributed by atoms with Crippen molar-refractivity contribution < 1.29 is 9.21 Å². The van der Waals surface area contributed by atoms with Crippen molar-refractivity contribution in [2.24, 2.45) is 0 Å². The lowest BCUT2D eigenvalue weighted by molar-refractivity contribution is 0.0995. The molecule has 3 nitrogen and oxygen atoms in total. The third-order valence-electron chi connectivity index (χ3n) is 7.04. The number of benzene rings is 2. The van der Waals surface area contributed by atoms with E-state index in [0.717, 1.165) is 22.6 Å². The maximum Gasteiger partial charge on any atom is 0.291 e. The summed E-state index contributed by atoms with van der Waals surface area (Å²) in [4.78, 5) is 12.7.